The lowest BCUT2D eigenvalue weighted by molar-refractivity contribution is -0.144. The van der Waals surface area contributed by atoms with Gasteiger partial charge in [0.25, 0.3) is 0 Å². The third-order valence-electron chi connectivity index (χ3n) is 3.69. The molecule has 1 aromatic rings. The van der Waals surface area contributed by atoms with Crippen LogP contribution in [0.1, 0.15) is 40.5 Å². The van der Waals surface area contributed by atoms with Crippen molar-refractivity contribution in [2.75, 3.05) is 18.0 Å². The third-order valence-corrected chi connectivity index (χ3v) is 3.69. The van der Waals surface area contributed by atoms with Gasteiger partial charge in [-0.1, -0.05) is 18.2 Å². The second-order valence-electron chi connectivity index (χ2n) is 5.96. The summed E-state index contributed by atoms with van der Waals surface area (Å²) in [5.41, 5.74) is 0.332. The monoisotopic (exact) mass is 292 g/mol. The standard InChI is InChI=1S/C17H28N2O2/c1-5-19(15-10-7-6-8-11-15)13-9-12-17(4,16(20)21)18-14(2)3/h6-8,10-11,14,18H,5,9,12-13H2,1-4H3,(H,20,21). The van der Waals surface area contributed by atoms with E-state index in [1.807, 2.05) is 32.0 Å². The first-order valence-corrected chi connectivity index (χ1v) is 7.70. The summed E-state index contributed by atoms with van der Waals surface area (Å²) in [4.78, 5) is 13.8. The van der Waals surface area contributed by atoms with E-state index in [9.17, 15) is 9.90 Å². The molecule has 4 nitrogen and oxygen atoms in total. The van der Waals surface area contributed by atoms with Crippen LogP contribution in [0, 0.1) is 0 Å². The smallest absolute Gasteiger partial charge is 0.323 e. The molecule has 0 bridgehead atoms. The molecule has 0 aliphatic heterocycles. The summed E-state index contributed by atoms with van der Waals surface area (Å²) in [6.45, 7) is 9.63. The molecular weight excluding hydrogens is 264 g/mol. The number of rotatable bonds is 9. The fourth-order valence-electron chi connectivity index (χ4n) is 2.61. The van der Waals surface area contributed by atoms with Gasteiger partial charge >= 0.3 is 5.97 Å². The van der Waals surface area contributed by atoms with Crippen LogP contribution in [-0.4, -0.2) is 35.7 Å². The van der Waals surface area contributed by atoms with Crippen molar-refractivity contribution in [3.05, 3.63) is 30.3 Å². The molecule has 1 atom stereocenters. The number of anilines is 1. The van der Waals surface area contributed by atoms with Crippen LogP contribution >= 0.6 is 0 Å². The van der Waals surface area contributed by atoms with E-state index in [-0.39, 0.29) is 6.04 Å². The Labute approximate surface area is 128 Å². The van der Waals surface area contributed by atoms with Gasteiger partial charge in [-0.3, -0.25) is 10.1 Å². The van der Waals surface area contributed by atoms with Gasteiger partial charge in [-0.05, 0) is 52.7 Å². The first-order valence-electron chi connectivity index (χ1n) is 7.70. The van der Waals surface area contributed by atoms with E-state index in [0.29, 0.717) is 6.42 Å². The van der Waals surface area contributed by atoms with Crippen LogP contribution in [0.15, 0.2) is 30.3 Å². The molecule has 0 amide bonds. The van der Waals surface area contributed by atoms with Gasteiger partial charge in [0.1, 0.15) is 5.54 Å². The highest BCUT2D eigenvalue weighted by Crippen LogP contribution is 2.18. The van der Waals surface area contributed by atoms with Gasteiger partial charge in [0, 0.05) is 24.8 Å². The molecule has 118 valence electrons. The van der Waals surface area contributed by atoms with Crippen molar-refractivity contribution in [2.24, 2.45) is 0 Å². The Hall–Kier alpha value is -1.55. The minimum absolute atomic E-state index is 0.155. The summed E-state index contributed by atoms with van der Waals surface area (Å²) in [5, 5.41) is 12.6. The number of carboxylic acid groups (broad SMARTS) is 1. The van der Waals surface area contributed by atoms with Gasteiger partial charge in [0.05, 0.1) is 0 Å². The van der Waals surface area contributed by atoms with Crippen LogP contribution in [0.4, 0.5) is 5.69 Å². The van der Waals surface area contributed by atoms with Gasteiger partial charge in [-0.15, -0.1) is 0 Å². The van der Waals surface area contributed by atoms with Crippen LogP contribution in [0.5, 0.6) is 0 Å². The maximum atomic E-state index is 11.5. The lowest BCUT2D eigenvalue weighted by atomic mass is 9.94. The van der Waals surface area contributed by atoms with E-state index in [1.165, 1.54) is 5.69 Å². The van der Waals surface area contributed by atoms with Crippen molar-refractivity contribution in [2.45, 2.75) is 52.1 Å². The molecule has 0 aromatic heterocycles. The van der Waals surface area contributed by atoms with Crippen molar-refractivity contribution in [3.63, 3.8) is 0 Å². The molecule has 0 saturated heterocycles. The van der Waals surface area contributed by atoms with Crippen LogP contribution in [-0.2, 0) is 4.79 Å². The van der Waals surface area contributed by atoms with Crippen LogP contribution < -0.4 is 10.2 Å². The van der Waals surface area contributed by atoms with Gasteiger partial charge in [0.2, 0.25) is 0 Å². The van der Waals surface area contributed by atoms with Crippen LogP contribution in [0.2, 0.25) is 0 Å². The van der Waals surface area contributed by atoms with E-state index in [2.05, 4.69) is 29.3 Å². The van der Waals surface area contributed by atoms with E-state index in [1.54, 1.807) is 6.92 Å². The number of carboxylic acids is 1. The Morgan fingerprint density at radius 3 is 2.43 bits per heavy atom. The van der Waals surface area contributed by atoms with Crippen molar-refractivity contribution in [1.82, 2.24) is 5.32 Å². The van der Waals surface area contributed by atoms with Crippen LogP contribution in [0.25, 0.3) is 0 Å². The Morgan fingerprint density at radius 2 is 1.95 bits per heavy atom. The Bertz CT molecular complexity index is 434. The maximum absolute atomic E-state index is 11.5. The van der Waals surface area contributed by atoms with Gasteiger partial charge < -0.3 is 10.0 Å². The molecule has 0 saturated carbocycles. The predicted molar refractivity (Wildman–Crippen MR) is 87.9 cm³/mol. The minimum atomic E-state index is -0.857. The molecule has 4 heteroatoms. The molecule has 0 aliphatic rings. The van der Waals surface area contributed by atoms with Crippen molar-refractivity contribution >= 4 is 11.7 Å². The van der Waals surface area contributed by atoms with Gasteiger partial charge in [0.15, 0.2) is 0 Å². The SMILES string of the molecule is CCN(CCCC(C)(NC(C)C)C(=O)O)c1ccccc1. The Morgan fingerprint density at radius 1 is 1.33 bits per heavy atom. The molecule has 1 unspecified atom stereocenters. The maximum Gasteiger partial charge on any atom is 0.323 e. The lowest BCUT2D eigenvalue weighted by Gasteiger charge is -2.30. The molecule has 0 heterocycles. The minimum Gasteiger partial charge on any atom is -0.480 e. The summed E-state index contributed by atoms with van der Waals surface area (Å²) < 4.78 is 0. The highest BCUT2D eigenvalue weighted by molar-refractivity contribution is 5.78. The summed E-state index contributed by atoms with van der Waals surface area (Å²) in [6.07, 6.45) is 1.45. The second-order valence-corrected chi connectivity index (χ2v) is 5.96. The molecule has 0 radical (unpaired) electrons. The molecule has 0 spiro atoms. The lowest BCUT2D eigenvalue weighted by Crippen LogP contribution is -2.52. The second kappa shape index (κ2) is 8.03. The molecule has 0 aliphatic carbocycles. The zero-order valence-electron chi connectivity index (χ0n) is 13.6. The number of para-hydroxylation sites is 1. The first kappa shape index (κ1) is 17.5. The molecule has 0 fully saturated rings. The summed E-state index contributed by atoms with van der Waals surface area (Å²) in [5.74, 6) is -0.779. The van der Waals surface area contributed by atoms with Gasteiger partial charge in [-0.2, -0.15) is 0 Å². The highest BCUT2D eigenvalue weighted by Gasteiger charge is 2.32. The van der Waals surface area contributed by atoms with Crippen LogP contribution in [0.3, 0.4) is 0 Å². The van der Waals surface area contributed by atoms with E-state index in [0.717, 1.165) is 19.5 Å². The molecule has 2 N–H and O–H groups in total. The molecule has 1 rings (SSSR count). The van der Waals surface area contributed by atoms with Crippen molar-refractivity contribution in [3.8, 4) is 0 Å². The average Bonchev–Trinajstić information content (AvgIpc) is 2.43. The topological polar surface area (TPSA) is 52.6 Å². The van der Waals surface area contributed by atoms with E-state index in [4.69, 9.17) is 0 Å². The van der Waals surface area contributed by atoms with Gasteiger partial charge in [-0.25, -0.2) is 0 Å². The summed E-state index contributed by atoms with van der Waals surface area (Å²) >= 11 is 0. The fraction of sp³-hybridized carbons (Fsp3) is 0.588. The predicted octanol–water partition coefficient (Wildman–Crippen LogP) is 3.13. The third kappa shape index (κ3) is 5.38. The Balaban J connectivity index is 2.58. The normalized spacial score (nSPS) is 14.0. The molecular formula is C17H28N2O2. The molecule has 21 heavy (non-hydrogen) atoms. The van der Waals surface area contributed by atoms with E-state index < -0.39 is 11.5 Å². The largest absolute Gasteiger partial charge is 0.480 e. The first-order chi connectivity index (χ1) is 9.89. The quantitative estimate of drug-likeness (QED) is 0.734. The number of hydrogen-bond donors (Lipinski definition) is 2. The number of carbonyl (C=O) groups is 1. The van der Waals surface area contributed by atoms with E-state index >= 15 is 0 Å². The fourth-order valence-corrected chi connectivity index (χ4v) is 2.61. The highest BCUT2D eigenvalue weighted by atomic mass is 16.4. The average molecular weight is 292 g/mol. The molecule has 1 aromatic carbocycles. The summed E-state index contributed by atoms with van der Waals surface area (Å²) in [7, 11) is 0. The number of hydrogen-bond acceptors (Lipinski definition) is 3. The number of aliphatic carboxylic acids is 1. The zero-order valence-corrected chi connectivity index (χ0v) is 13.6. The number of nitrogens with one attached hydrogen (secondary N) is 1. The number of benzene rings is 1. The van der Waals surface area contributed by atoms with Crippen molar-refractivity contribution in [1.29, 1.82) is 0 Å². The zero-order chi connectivity index (χ0) is 15.9. The van der Waals surface area contributed by atoms with Crippen molar-refractivity contribution < 1.29 is 9.90 Å². The Kier molecular flexibility index (Phi) is 6.69. The summed E-state index contributed by atoms with van der Waals surface area (Å²) in [6, 6.07) is 10.4. The number of nitrogens with zero attached hydrogens (tertiary/aromatic N) is 1.